The van der Waals surface area contributed by atoms with Gasteiger partial charge >= 0.3 is 0 Å². The molecule has 0 fully saturated rings. The first-order valence-electron chi connectivity index (χ1n) is 11.7. The molecule has 152 valence electrons. The highest BCUT2D eigenvalue weighted by atomic mass is 14.4. The van der Waals surface area contributed by atoms with Crippen molar-refractivity contribution in [1.82, 2.24) is 0 Å². The van der Waals surface area contributed by atoms with E-state index in [9.17, 15) is 0 Å². The average Bonchev–Trinajstić information content (AvgIpc) is 2.59. The van der Waals surface area contributed by atoms with Crippen LogP contribution in [0.25, 0.3) is 0 Å². The van der Waals surface area contributed by atoms with Gasteiger partial charge in [-0.2, -0.15) is 0 Å². The molecule has 0 aromatic rings. The summed E-state index contributed by atoms with van der Waals surface area (Å²) in [5.41, 5.74) is 1.62. The zero-order valence-electron chi connectivity index (χ0n) is 19.6. The Kier molecular flexibility index (Phi) is 11.7. The summed E-state index contributed by atoms with van der Waals surface area (Å²) in [7, 11) is 0. The third-order valence-corrected chi connectivity index (χ3v) is 7.86. The normalized spacial score (nSPS) is 20.5. The van der Waals surface area contributed by atoms with E-state index in [1.54, 1.807) is 0 Å². The molecule has 0 rings (SSSR count). The molecular formula is C25H52. The molecule has 0 radical (unpaired) electrons. The average molecular weight is 353 g/mol. The van der Waals surface area contributed by atoms with Gasteiger partial charge in [0.15, 0.2) is 0 Å². The van der Waals surface area contributed by atoms with Crippen molar-refractivity contribution in [2.24, 2.45) is 22.2 Å². The lowest BCUT2D eigenvalue weighted by Gasteiger charge is -2.44. The molecule has 0 aliphatic carbocycles. The highest BCUT2D eigenvalue weighted by molar-refractivity contribution is 4.88. The Balaban J connectivity index is 5.38. The van der Waals surface area contributed by atoms with E-state index in [4.69, 9.17) is 0 Å². The van der Waals surface area contributed by atoms with Gasteiger partial charge in [0.25, 0.3) is 0 Å². The van der Waals surface area contributed by atoms with Gasteiger partial charge in [-0.05, 0) is 60.7 Å². The third kappa shape index (κ3) is 8.04. The van der Waals surface area contributed by atoms with Gasteiger partial charge in [0.1, 0.15) is 0 Å². The maximum absolute atomic E-state index is 2.60. The lowest BCUT2D eigenvalue weighted by Crippen LogP contribution is -2.33. The number of rotatable bonds is 15. The lowest BCUT2D eigenvalue weighted by molar-refractivity contribution is 0.0686. The fourth-order valence-corrected chi connectivity index (χ4v) is 5.16. The zero-order valence-corrected chi connectivity index (χ0v) is 19.6. The molecule has 0 aromatic heterocycles. The van der Waals surface area contributed by atoms with Crippen LogP contribution >= 0.6 is 0 Å². The molecule has 0 saturated heterocycles. The van der Waals surface area contributed by atoms with E-state index >= 15 is 0 Å². The molecule has 0 heterocycles. The first-order valence-corrected chi connectivity index (χ1v) is 11.7. The van der Waals surface area contributed by atoms with Gasteiger partial charge in [0.2, 0.25) is 0 Å². The summed E-state index contributed by atoms with van der Waals surface area (Å²) in [4.78, 5) is 0. The third-order valence-electron chi connectivity index (χ3n) is 7.86. The lowest BCUT2D eigenvalue weighted by atomic mass is 9.61. The van der Waals surface area contributed by atoms with E-state index in [0.717, 1.165) is 5.92 Å². The van der Waals surface area contributed by atoms with Crippen LogP contribution in [-0.2, 0) is 0 Å². The molecule has 0 aromatic carbocycles. The van der Waals surface area contributed by atoms with Crippen molar-refractivity contribution >= 4 is 0 Å². The molecule has 4 unspecified atom stereocenters. The SMILES string of the molecule is CCCC(C)(CC)CCC(CC(C)(CC)CCC)C(C)(CC)CCC. The molecule has 25 heavy (non-hydrogen) atoms. The highest BCUT2D eigenvalue weighted by Gasteiger charge is 2.37. The Bertz CT molecular complexity index is 333. The van der Waals surface area contributed by atoms with Crippen molar-refractivity contribution in [3.8, 4) is 0 Å². The van der Waals surface area contributed by atoms with Gasteiger partial charge in [0, 0.05) is 0 Å². The van der Waals surface area contributed by atoms with Crippen LogP contribution in [0.1, 0.15) is 139 Å². The topological polar surface area (TPSA) is 0 Å². The molecule has 0 spiro atoms. The molecule has 0 saturated carbocycles. The second-order valence-electron chi connectivity index (χ2n) is 10.0. The molecule has 4 atom stereocenters. The van der Waals surface area contributed by atoms with Gasteiger partial charge in [-0.3, -0.25) is 0 Å². The second kappa shape index (κ2) is 11.7. The highest BCUT2D eigenvalue weighted by Crippen LogP contribution is 2.49. The van der Waals surface area contributed by atoms with Gasteiger partial charge in [-0.1, -0.05) is 101 Å². The van der Waals surface area contributed by atoms with Crippen molar-refractivity contribution in [2.75, 3.05) is 0 Å². The van der Waals surface area contributed by atoms with E-state index < -0.39 is 0 Å². The monoisotopic (exact) mass is 352 g/mol. The van der Waals surface area contributed by atoms with Crippen LogP contribution in [0, 0.1) is 22.2 Å². The Labute approximate surface area is 161 Å². The largest absolute Gasteiger partial charge is 0.0654 e. The van der Waals surface area contributed by atoms with E-state index in [1.165, 1.54) is 77.0 Å². The minimum atomic E-state index is 0.528. The zero-order chi connectivity index (χ0) is 19.6. The minimum absolute atomic E-state index is 0.528. The van der Waals surface area contributed by atoms with Gasteiger partial charge < -0.3 is 0 Å². The number of hydrogen-bond acceptors (Lipinski definition) is 0. The standard InChI is InChI=1S/C25H52/c1-10-17-23(7,13-4)20-16-22(25(9,15-6)19-12-3)21-24(8,14-5)18-11-2/h22H,10-21H2,1-9H3. The van der Waals surface area contributed by atoms with Crippen LogP contribution in [0.4, 0.5) is 0 Å². The molecule has 0 heteroatoms. The molecule has 0 nitrogen and oxygen atoms in total. The van der Waals surface area contributed by atoms with Crippen molar-refractivity contribution in [3.63, 3.8) is 0 Å². The summed E-state index contributed by atoms with van der Waals surface area (Å²) in [6.45, 7) is 22.1. The van der Waals surface area contributed by atoms with Gasteiger partial charge in [-0.15, -0.1) is 0 Å². The summed E-state index contributed by atoms with van der Waals surface area (Å²) < 4.78 is 0. The minimum Gasteiger partial charge on any atom is -0.0654 e. The summed E-state index contributed by atoms with van der Waals surface area (Å²) >= 11 is 0. The smallest absolute Gasteiger partial charge is 0.0300 e. The Morgan fingerprint density at radius 1 is 0.560 bits per heavy atom. The molecule has 0 amide bonds. The first kappa shape index (κ1) is 25.0. The van der Waals surface area contributed by atoms with E-state index in [-0.39, 0.29) is 0 Å². The quantitative estimate of drug-likeness (QED) is 0.275. The molecule has 0 aliphatic heterocycles. The van der Waals surface area contributed by atoms with E-state index in [1.807, 2.05) is 0 Å². The maximum atomic E-state index is 2.60. The number of hydrogen-bond donors (Lipinski definition) is 0. The van der Waals surface area contributed by atoms with Gasteiger partial charge in [0.05, 0.1) is 0 Å². The molecule has 0 aliphatic rings. The first-order chi connectivity index (χ1) is 11.7. The Hall–Kier alpha value is 0. The van der Waals surface area contributed by atoms with Crippen LogP contribution in [0.3, 0.4) is 0 Å². The van der Waals surface area contributed by atoms with Crippen molar-refractivity contribution in [3.05, 3.63) is 0 Å². The van der Waals surface area contributed by atoms with E-state index in [2.05, 4.69) is 62.3 Å². The predicted molar refractivity (Wildman–Crippen MR) is 117 cm³/mol. The summed E-state index contributed by atoms with van der Waals surface area (Å²) in [6, 6.07) is 0. The van der Waals surface area contributed by atoms with Crippen molar-refractivity contribution in [2.45, 2.75) is 139 Å². The van der Waals surface area contributed by atoms with Crippen molar-refractivity contribution in [1.29, 1.82) is 0 Å². The second-order valence-corrected chi connectivity index (χ2v) is 10.0. The summed E-state index contributed by atoms with van der Waals surface area (Å²) in [5.74, 6) is 0.886. The fraction of sp³-hybridized carbons (Fsp3) is 1.00. The maximum Gasteiger partial charge on any atom is -0.0300 e. The Morgan fingerprint density at radius 2 is 1.04 bits per heavy atom. The van der Waals surface area contributed by atoms with Crippen LogP contribution < -0.4 is 0 Å². The predicted octanol–water partition coefficient (Wildman–Crippen LogP) is 9.42. The van der Waals surface area contributed by atoms with Crippen LogP contribution in [0.2, 0.25) is 0 Å². The van der Waals surface area contributed by atoms with Crippen LogP contribution in [-0.4, -0.2) is 0 Å². The van der Waals surface area contributed by atoms with Crippen LogP contribution in [0.15, 0.2) is 0 Å². The molecular weight excluding hydrogens is 300 g/mol. The molecule has 0 N–H and O–H groups in total. The molecule has 0 bridgehead atoms. The summed E-state index contributed by atoms with van der Waals surface area (Å²) in [5, 5.41) is 0. The summed E-state index contributed by atoms with van der Waals surface area (Å²) in [6.07, 6.45) is 16.5. The fourth-order valence-electron chi connectivity index (χ4n) is 5.16. The van der Waals surface area contributed by atoms with Crippen molar-refractivity contribution < 1.29 is 0 Å². The van der Waals surface area contributed by atoms with E-state index in [0.29, 0.717) is 16.2 Å². The van der Waals surface area contributed by atoms with Gasteiger partial charge in [-0.25, -0.2) is 0 Å². The van der Waals surface area contributed by atoms with Crippen LogP contribution in [0.5, 0.6) is 0 Å². The Morgan fingerprint density at radius 3 is 1.44 bits per heavy atom.